The topological polar surface area (TPSA) is 54.0 Å². The minimum atomic E-state index is -0.0826. The first-order chi connectivity index (χ1) is 13.2. The fourth-order valence-electron chi connectivity index (χ4n) is 2.76. The van der Waals surface area contributed by atoms with Crippen LogP contribution in [0, 0.1) is 12.3 Å². The summed E-state index contributed by atoms with van der Waals surface area (Å²) in [4.78, 5) is 12.8. The fourth-order valence-corrected chi connectivity index (χ4v) is 2.76. The number of methoxy groups -OCH3 is 1. The molecule has 0 saturated heterocycles. The molecule has 5 heteroatoms. The zero-order valence-corrected chi connectivity index (χ0v) is 15.3. The molecular weight excluding hydrogens is 344 g/mol. The minimum Gasteiger partial charge on any atom is -0.497 e. The molecule has 0 saturated carbocycles. The predicted octanol–water partition coefficient (Wildman–Crippen LogP) is 3.76. The van der Waals surface area contributed by atoms with Crippen LogP contribution in [0.25, 0.3) is 6.08 Å². The van der Waals surface area contributed by atoms with Crippen molar-refractivity contribution in [3.05, 3.63) is 53.1 Å². The van der Waals surface area contributed by atoms with Crippen LogP contribution < -0.4 is 18.9 Å². The summed E-state index contributed by atoms with van der Waals surface area (Å²) in [6, 6.07) is 10.6. The average Bonchev–Trinajstić information content (AvgIpc) is 2.69. The molecule has 0 N–H and O–H groups in total. The minimum absolute atomic E-state index is 0.0826. The van der Waals surface area contributed by atoms with Crippen LogP contribution in [0.2, 0.25) is 0 Å². The van der Waals surface area contributed by atoms with E-state index in [-0.39, 0.29) is 19.0 Å². The first-order valence-electron chi connectivity index (χ1n) is 8.55. The van der Waals surface area contributed by atoms with Crippen molar-refractivity contribution in [1.29, 1.82) is 0 Å². The summed E-state index contributed by atoms with van der Waals surface area (Å²) >= 11 is 0. The van der Waals surface area contributed by atoms with E-state index in [2.05, 4.69) is 5.92 Å². The summed E-state index contributed by atoms with van der Waals surface area (Å²) in [5, 5.41) is 0. The zero-order valence-electron chi connectivity index (χ0n) is 15.3. The van der Waals surface area contributed by atoms with Gasteiger partial charge in [-0.25, -0.2) is 0 Å². The molecule has 0 amide bonds. The number of carbonyl (C=O) groups is 1. The van der Waals surface area contributed by atoms with Crippen molar-refractivity contribution in [2.75, 3.05) is 26.9 Å². The van der Waals surface area contributed by atoms with Gasteiger partial charge in [-0.3, -0.25) is 4.79 Å². The lowest BCUT2D eigenvalue weighted by atomic mass is 9.98. The van der Waals surface area contributed by atoms with Gasteiger partial charge in [0.1, 0.15) is 24.7 Å². The Morgan fingerprint density at radius 3 is 2.78 bits per heavy atom. The standard InChI is InChI=1S/C22H20O5/c1-4-10-26-20-8-6-15(12-21(20)25-5-2)11-16-14-27-19-9-7-17(24-3)13-18(19)22(16)23/h1,6-9,11-13H,5,10,14H2,2-3H3. The number of fused-ring (bicyclic) bond motifs is 1. The smallest absolute Gasteiger partial charge is 0.196 e. The molecule has 0 aromatic heterocycles. The van der Waals surface area contributed by atoms with E-state index in [0.29, 0.717) is 40.7 Å². The average molecular weight is 364 g/mol. The van der Waals surface area contributed by atoms with Crippen molar-refractivity contribution < 1.29 is 23.7 Å². The number of carbonyl (C=O) groups excluding carboxylic acids is 1. The van der Waals surface area contributed by atoms with Gasteiger partial charge in [0.25, 0.3) is 0 Å². The zero-order chi connectivity index (χ0) is 19.2. The first-order valence-corrected chi connectivity index (χ1v) is 8.55. The van der Waals surface area contributed by atoms with E-state index < -0.39 is 0 Å². The summed E-state index contributed by atoms with van der Waals surface area (Å²) in [6.07, 6.45) is 7.03. The molecule has 0 spiro atoms. The van der Waals surface area contributed by atoms with Crippen LogP contribution in [0.3, 0.4) is 0 Å². The maximum atomic E-state index is 12.8. The summed E-state index contributed by atoms with van der Waals surface area (Å²) in [7, 11) is 1.56. The fraction of sp³-hybridized carbons (Fsp3) is 0.227. The Balaban J connectivity index is 1.91. The summed E-state index contributed by atoms with van der Waals surface area (Å²) in [6.45, 7) is 2.74. The molecule has 2 aromatic carbocycles. The van der Waals surface area contributed by atoms with Gasteiger partial charge in [0.15, 0.2) is 17.3 Å². The van der Waals surface area contributed by atoms with Gasteiger partial charge in [0.2, 0.25) is 0 Å². The van der Waals surface area contributed by atoms with Crippen LogP contribution in [0.15, 0.2) is 42.0 Å². The van der Waals surface area contributed by atoms with E-state index in [1.165, 1.54) is 0 Å². The van der Waals surface area contributed by atoms with Gasteiger partial charge in [-0.05, 0) is 48.9 Å². The first kappa shape index (κ1) is 18.4. The number of ketones is 1. The molecule has 27 heavy (non-hydrogen) atoms. The highest BCUT2D eigenvalue weighted by Gasteiger charge is 2.24. The number of terminal acetylenes is 1. The van der Waals surface area contributed by atoms with E-state index in [1.807, 2.05) is 19.1 Å². The quantitative estimate of drug-likeness (QED) is 0.577. The third kappa shape index (κ3) is 4.06. The number of benzene rings is 2. The van der Waals surface area contributed by atoms with E-state index in [1.54, 1.807) is 37.5 Å². The van der Waals surface area contributed by atoms with E-state index >= 15 is 0 Å². The number of hydrogen-bond acceptors (Lipinski definition) is 5. The molecule has 0 atom stereocenters. The lowest BCUT2D eigenvalue weighted by Crippen LogP contribution is -2.19. The highest BCUT2D eigenvalue weighted by atomic mass is 16.5. The molecule has 0 unspecified atom stereocenters. The van der Waals surface area contributed by atoms with E-state index in [4.69, 9.17) is 25.4 Å². The molecule has 1 aliphatic rings. The van der Waals surface area contributed by atoms with Crippen molar-refractivity contribution in [2.24, 2.45) is 0 Å². The lowest BCUT2D eigenvalue weighted by molar-refractivity contribution is 0.100. The second kappa shape index (κ2) is 8.33. The van der Waals surface area contributed by atoms with Crippen LogP contribution in [0.4, 0.5) is 0 Å². The van der Waals surface area contributed by atoms with Crippen LogP contribution in [-0.2, 0) is 0 Å². The van der Waals surface area contributed by atoms with Gasteiger partial charge in [-0.1, -0.05) is 12.0 Å². The molecule has 1 heterocycles. The molecular formula is C22H20O5. The molecule has 5 nitrogen and oxygen atoms in total. The molecule has 2 aromatic rings. The summed E-state index contributed by atoms with van der Waals surface area (Å²) in [5.74, 6) is 4.66. The van der Waals surface area contributed by atoms with Gasteiger partial charge in [0.05, 0.1) is 19.3 Å². The third-order valence-corrected chi connectivity index (χ3v) is 4.03. The maximum absolute atomic E-state index is 12.8. The van der Waals surface area contributed by atoms with Crippen molar-refractivity contribution in [2.45, 2.75) is 6.92 Å². The second-order valence-electron chi connectivity index (χ2n) is 5.78. The molecule has 138 valence electrons. The number of Topliss-reactive ketones (excluding diaryl/α,β-unsaturated/α-hetero) is 1. The van der Waals surface area contributed by atoms with Gasteiger partial charge in [0, 0.05) is 5.57 Å². The Labute approximate surface area is 158 Å². The molecule has 1 aliphatic heterocycles. The molecule has 0 radical (unpaired) electrons. The van der Waals surface area contributed by atoms with Gasteiger partial charge >= 0.3 is 0 Å². The molecule has 3 rings (SSSR count). The largest absolute Gasteiger partial charge is 0.497 e. The van der Waals surface area contributed by atoms with Crippen LogP contribution in [0.5, 0.6) is 23.0 Å². The Bertz CT molecular complexity index is 921. The Hall–Kier alpha value is -3.39. The van der Waals surface area contributed by atoms with Crippen LogP contribution in [0.1, 0.15) is 22.8 Å². The molecule has 0 bridgehead atoms. The summed E-state index contributed by atoms with van der Waals surface area (Å²) in [5.41, 5.74) is 1.85. The molecule has 0 aliphatic carbocycles. The van der Waals surface area contributed by atoms with Crippen molar-refractivity contribution in [3.63, 3.8) is 0 Å². The Kier molecular flexibility index (Phi) is 5.68. The van der Waals surface area contributed by atoms with Crippen molar-refractivity contribution in [3.8, 4) is 35.3 Å². The van der Waals surface area contributed by atoms with Gasteiger partial charge in [-0.2, -0.15) is 0 Å². The predicted molar refractivity (Wildman–Crippen MR) is 103 cm³/mol. The Morgan fingerprint density at radius 1 is 1.19 bits per heavy atom. The highest BCUT2D eigenvalue weighted by molar-refractivity contribution is 6.14. The number of rotatable bonds is 6. The lowest BCUT2D eigenvalue weighted by Gasteiger charge is -2.19. The highest BCUT2D eigenvalue weighted by Crippen LogP contribution is 2.33. The van der Waals surface area contributed by atoms with E-state index in [9.17, 15) is 4.79 Å². The number of ether oxygens (including phenoxy) is 4. The number of hydrogen-bond donors (Lipinski definition) is 0. The van der Waals surface area contributed by atoms with Gasteiger partial charge in [-0.15, -0.1) is 6.42 Å². The SMILES string of the molecule is C#CCOc1ccc(C=C2COc3ccc(OC)cc3C2=O)cc1OCC. The van der Waals surface area contributed by atoms with Gasteiger partial charge < -0.3 is 18.9 Å². The molecule has 0 fully saturated rings. The normalized spacial score (nSPS) is 14.1. The van der Waals surface area contributed by atoms with Crippen LogP contribution >= 0.6 is 0 Å². The van der Waals surface area contributed by atoms with Crippen molar-refractivity contribution >= 4 is 11.9 Å². The van der Waals surface area contributed by atoms with Crippen LogP contribution in [-0.4, -0.2) is 32.7 Å². The Morgan fingerprint density at radius 2 is 2.04 bits per heavy atom. The van der Waals surface area contributed by atoms with Crippen molar-refractivity contribution in [1.82, 2.24) is 0 Å². The maximum Gasteiger partial charge on any atom is 0.196 e. The third-order valence-electron chi connectivity index (χ3n) is 4.03. The summed E-state index contributed by atoms with van der Waals surface area (Å²) < 4.78 is 22.0. The van der Waals surface area contributed by atoms with E-state index in [0.717, 1.165) is 5.56 Å². The second-order valence-corrected chi connectivity index (χ2v) is 5.78. The monoisotopic (exact) mass is 364 g/mol.